The fourth-order valence-electron chi connectivity index (χ4n) is 3.69. The molecule has 2 heterocycles. The van der Waals surface area contributed by atoms with E-state index >= 15 is 0 Å². The highest BCUT2D eigenvalue weighted by molar-refractivity contribution is 6.00. The van der Waals surface area contributed by atoms with Crippen LogP contribution in [0.2, 0.25) is 0 Å². The van der Waals surface area contributed by atoms with Gasteiger partial charge in [0.05, 0.1) is 37.1 Å². The standard InChI is InChI=1S/C24H24F3N5O3/c1-13(2)32-11-15(10-29-32)14-5-6-18-17(7-14)28-12-31(18)16-8-19(34-3)21(20(9-16)35-4)24(33)30-23(27)22(25)26/h5-13,22-23H,1-4H3,(H,30,33). The second-order valence-corrected chi connectivity index (χ2v) is 8.06. The van der Waals surface area contributed by atoms with Crippen molar-refractivity contribution >= 4 is 16.9 Å². The van der Waals surface area contributed by atoms with E-state index in [4.69, 9.17) is 9.47 Å². The molecule has 0 aliphatic rings. The summed E-state index contributed by atoms with van der Waals surface area (Å²) in [7, 11) is 2.62. The number of nitrogens with one attached hydrogen (secondary N) is 1. The first-order chi connectivity index (χ1) is 16.7. The van der Waals surface area contributed by atoms with Gasteiger partial charge in [0, 0.05) is 29.9 Å². The van der Waals surface area contributed by atoms with Crippen molar-refractivity contribution < 1.29 is 27.4 Å². The second kappa shape index (κ2) is 9.69. The van der Waals surface area contributed by atoms with Crippen LogP contribution >= 0.6 is 0 Å². The summed E-state index contributed by atoms with van der Waals surface area (Å²) in [5, 5.41) is 6.00. The van der Waals surface area contributed by atoms with Crippen molar-refractivity contribution in [3.05, 3.63) is 54.6 Å². The first-order valence-electron chi connectivity index (χ1n) is 10.7. The lowest BCUT2D eigenvalue weighted by Gasteiger charge is -2.17. The molecule has 8 nitrogen and oxygen atoms in total. The topological polar surface area (TPSA) is 83.2 Å². The van der Waals surface area contributed by atoms with E-state index in [1.165, 1.54) is 26.4 Å². The van der Waals surface area contributed by atoms with E-state index in [0.29, 0.717) is 5.69 Å². The van der Waals surface area contributed by atoms with Crippen molar-refractivity contribution in [2.45, 2.75) is 32.6 Å². The van der Waals surface area contributed by atoms with Crippen molar-refractivity contribution in [2.75, 3.05) is 14.2 Å². The zero-order chi connectivity index (χ0) is 25.3. The van der Waals surface area contributed by atoms with E-state index < -0.39 is 18.6 Å². The van der Waals surface area contributed by atoms with Crippen LogP contribution in [0.4, 0.5) is 13.2 Å². The van der Waals surface area contributed by atoms with Crippen LogP contribution in [0.1, 0.15) is 30.2 Å². The monoisotopic (exact) mass is 487 g/mol. The summed E-state index contributed by atoms with van der Waals surface area (Å²) < 4.78 is 52.8. The van der Waals surface area contributed by atoms with Crippen LogP contribution in [-0.2, 0) is 0 Å². The van der Waals surface area contributed by atoms with Crippen LogP contribution in [0.5, 0.6) is 11.5 Å². The van der Waals surface area contributed by atoms with Crippen LogP contribution in [0.25, 0.3) is 27.8 Å². The summed E-state index contributed by atoms with van der Waals surface area (Å²) in [4.78, 5) is 17.0. The molecule has 184 valence electrons. The number of ether oxygens (including phenoxy) is 2. The molecule has 4 aromatic rings. The highest BCUT2D eigenvalue weighted by Gasteiger charge is 2.27. The largest absolute Gasteiger partial charge is 0.496 e. The van der Waals surface area contributed by atoms with Crippen molar-refractivity contribution in [3.63, 3.8) is 0 Å². The Kier molecular flexibility index (Phi) is 6.68. The number of halogens is 3. The average molecular weight is 487 g/mol. The van der Waals surface area contributed by atoms with Gasteiger partial charge in [-0.2, -0.15) is 5.10 Å². The maximum absolute atomic E-state index is 13.4. The van der Waals surface area contributed by atoms with Crippen molar-refractivity contribution in [3.8, 4) is 28.3 Å². The van der Waals surface area contributed by atoms with E-state index in [1.54, 1.807) is 22.4 Å². The summed E-state index contributed by atoms with van der Waals surface area (Å²) in [6, 6.07) is 9.08. The molecular formula is C24H24F3N5O3. The Bertz CT molecular complexity index is 1340. The summed E-state index contributed by atoms with van der Waals surface area (Å²) in [6.45, 7) is 4.10. The van der Waals surface area contributed by atoms with Gasteiger partial charge in [-0.1, -0.05) is 6.07 Å². The summed E-state index contributed by atoms with van der Waals surface area (Å²) in [5.74, 6) is -1.03. The Balaban J connectivity index is 1.73. The lowest BCUT2D eigenvalue weighted by Crippen LogP contribution is -2.36. The van der Waals surface area contributed by atoms with Gasteiger partial charge < -0.3 is 14.8 Å². The fraction of sp³-hybridized carbons (Fsp3) is 0.292. The number of hydrogen-bond acceptors (Lipinski definition) is 5. The number of carbonyl (C=O) groups is 1. The van der Waals surface area contributed by atoms with Gasteiger partial charge >= 0.3 is 0 Å². The molecule has 0 fully saturated rings. The predicted octanol–water partition coefficient (Wildman–Crippen LogP) is 4.78. The van der Waals surface area contributed by atoms with Crippen LogP contribution in [-0.4, -0.2) is 52.2 Å². The minimum Gasteiger partial charge on any atom is -0.496 e. The molecule has 1 amide bonds. The van der Waals surface area contributed by atoms with Crippen molar-refractivity contribution in [1.29, 1.82) is 0 Å². The number of benzene rings is 2. The van der Waals surface area contributed by atoms with Gasteiger partial charge in [0.25, 0.3) is 12.3 Å². The van der Waals surface area contributed by atoms with Gasteiger partial charge in [-0.15, -0.1) is 0 Å². The Hall–Kier alpha value is -4.02. The SMILES string of the molecule is COc1cc(-n2cnc3cc(-c4cnn(C(C)C)c4)ccc32)cc(OC)c1C(=O)NC(F)C(F)F. The zero-order valence-electron chi connectivity index (χ0n) is 19.5. The van der Waals surface area contributed by atoms with Crippen LogP contribution in [0, 0.1) is 0 Å². The van der Waals surface area contributed by atoms with E-state index in [2.05, 4.69) is 10.1 Å². The number of carbonyl (C=O) groups excluding carboxylic acids is 1. The molecule has 0 aliphatic heterocycles. The number of hydrogen-bond donors (Lipinski definition) is 1. The summed E-state index contributed by atoms with van der Waals surface area (Å²) in [5.41, 5.74) is 3.75. The first-order valence-corrected chi connectivity index (χ1v) is 10.7. The van der Waals surface area contributed by atoms with E-state index in [1.807, 2.05) is 42.9 Å². The quantitative estimate of drug-likeness (QED) is 0.362. The van der Waals surface area contributed by atoms with Gasteiger partial charge in [-0.25, -0.2) is 18.2 Å². The summed E-state index contributed by atoms with van der Waals surface area (Å²) in [6.07, 6.45) is -0.812. The molecule has 0 radical (unpaired) electrons. The van der Waals surface area contributed by atoms with E-state index in [-0.39, 0.29) is 23.1 Å². The molecule has 1 N–H and O–H groups in total. The van der Waals surface area contributed by atoms with Crippen molar-refractivity contribution in [1.82, 2.24) is 24.6 Å². The Morgan fingerprint density at radius 2 is 1.71 bits per heavy atom. The molecule has 35 heavy (non-hydrogen) atoms. The molecule has 0 aliphatic carbocycles. The molecule has 0 saturated carbocycles. The minimum atomic E-state index is -3.36. The fourth-order valence-corrected chi connectivity index (χ4v) is 3.69. The minimum absolute atomic E-state index is 0.0258. The Labute approximate surface area is 199 Å². The van der Waals surface area contributed by atoms with Crippen LogP contribution in [0.15, 0.2) is 49.1 Å². The third-order valence-electron chi connectivity index (χ3n) is 5.50. The zero-order valence-corrected chi connectivity index (χ0v) is 19.5. The number of fused-ring (bicyclic) bond motifs is 1. The third-order valence-corrected chi connectivity index (χ3v) is 5.50. The smallest absolute Gasteiger partial charge is 0.287 e. The van der Waals surface area contributed by atoms with Gasteiger partial charge in [0.1, 0.15) is 23.4 Å². The lowest BCUT2D eigenvalue weighted by atomic mass is 10.1. The van der Waals surface area contributed by atoms with Crippen molar-refractivity contribution in [2.24, 2.45) is 0 Å². The molecule has 0 spiro atoms. The number of aromatic nitrogens is 4. The molecule has 0 saturated heterocycles. The van der Waals surface area contributed by atoms with Gasteiger partial charge in [-0.05, 0) is 31.5 Å². The molecule has 1 unspecified atom stereocenters. The van der Waals surface area contributed by atoms with E-state index in [9.17, 15) is 18.0 Å². The normalized spacial score (nSPS) is 12.4. The number of methoxy groups -OCH3 is 2. The maximum Gasteiger partial charge on any atom is 0.287 e. The second-order valence-electron chi connectivity index (χ2n) is 8.06. The van der Waals surface area contributed by atoms with Crippen LogP contribution < -0.4 is 14.8 Å². The Morgan fingerprint density at radius 1 is 1.03 bits per heavy atom. The third kappa shape index (κ3) is 4.66. The molecule has 11 heteroatoms. The lowest BCUT2D eigenvalue weighted by molar-refractivity contribution is 0.0285. The highest BCUT2D eigenvalue weighted by Crippen LogP contribution is 2.34. The molecule has 1 atom stereocenters. The highest BCUT2D eigenvalue weighted by atomic mass is 19.3. The Morgan fingerprint density at radius 3 is 2.29 bits per heavy atom. The number of rotatable bonds is 8. The average Bonchev–Trinajstić information content (AvgIpc) is 3.50. The molecule has 2 aromatic carbocycles. The number of imidazole rings is 1. The maximum atomic E-state index is 13.4. The molecule has 4 rings (SSSR count). The van der Waals surface area contributed by atoms with E-state index in [0.717, 1.165) is 22.2 Å². The van der Waals surface area contributed by atoms with Gasteiger partial charge in [0.2, 0.25) is 6.30 Å². The van der Waals surface area contributed by atoms with Gasteiger partial charge in [-0.3, -0.25) is 14.0 Å². The number of amides is 1. The summed E-state index contributed by atoms with van der Waals surface area (Å²) >= 11 is 0. The molecule has 0 bridgehead atoms. The first kappa shape index (κ1) is 24.1. The van der Waals surface area contributed by atoms with Crippen LogP contribution in [0.3, 0.4) is 0 Å². The predicted molar refractivity (Wildman–Crippen MR) is 124 cm³/mol. The molecule has 2 aromatic heterocycles. The molecular weight excluding hydrogens is 463 g/mol. The number of nitrogens with zero attached hydrogens (tertiary/aromatic N) is 4. The number of alkyl halides is 3. The van der Waals surface area contributed by atoms with Gasteiger partial charge in [0.15, 0.2) is 0 Å².